The van der Waals surface area contributed by atoms with E-state index in [9.17, 15) is 9.59 Å². The van der Waals surface area contributed by atoms with Crippen LogP contribution in [-0.2, 0) is 16.6 Å². The predicted octanol–water partition coefficient (Wildman–Crippen LogP) is 2.61. The summed E-state index contributed by atoms with van der Waals surface area (Å²) in [6.07, 6.45) is 0.838. The Bertz CT molecular complexity index is 676. The van der Waals surface area contributed by atoms with E-state index in [4.69, 9.17) is 9.47 Å². The van der Waals surface area contributed by atoms with Crippen molar-refractivity contribution in [2.75, 3.05) is 11.9 Å². The van der Waals surface area contributed by atoms with Crippen molar-refractivity contribution in [3.63, 3.8) is 0 Å². The number of amides is 1. The molecule has 1 aromatic heterocycles. The molecule has 0 saturated carbocycles. The van der Waals surface area contributed by atoms with Crippen LogP contribution < -0.4 is 10.1 Å². The highest BCUT2D eigenvalue weighted by Crippen LogP contribution is 2.16. The minimum Gasteiger partial charge on any atom is -0.494 e. The van der Waals surface area contributed by atoms with E-state index in [2.05, 4.69) is 5.32 Å². The molecule has 0 aliphatic heterocycles. The Morgan fingerprint density at radius 2 is 1.91 bits per heavy atom. The predicted molar refractivity (Wildman–Crippen MR) is 86.5 cm³/mol. The molecule has 1 aromatic carbocycles. The second kappa shape index (κ2) is 7.49. The zero-order chi connectivity index (χ0) is 16.8. The van der Waals surface area contributed by atoms with Gasteiger partial charge in [0, 0.05) is 18.9 Å². The number of anilines is 1. The summed E-state index contributed by atoms with van der Waals surface area (Å²) in [6, 6.07) is 10.4. The van der Waals surface area contributed by atoms with E-state index in [0.29, 0.717) is 18.0 Å². The van der Waals surface area contributed by atoms with Gasteiger partial charge in [-0.2, -0.15) is 0 Å². The van der Waals surface area contributed by atoms with Crippen LogP contribution in [0.15, 0.2) is 42.6 Å². The van der Waals surface area contributed by atoms with Crippen LogP contribution in [0.3, 0.4) is 0 Å². The van der Waals surface area contributed by atoms with E-state index < -0.39 is 18.0 Å². The number of esters is 1. The van der Waals surface area contributed by atoms with Crippen LogP contribution in [0, 0.1) is 0 Å². The molecule has 122 valence electrons. The van der Waals surface area contributed by atoms with E-state index in [1.807, 2.05) is 6.92 Å². The number of hydrogen-bond donors (Lipinski definition) is 1. The molecule has 0 aliphatic rings. The second-order valence-corrected chi connectivity index (χ2v) is 5.00. The highest BCUT2D eigenvalue weighted by molar-refractivity contribution is 5.96. The largest absolute Gasteiger partial charge is 0.494 e. The number of nitrogens with zero attached hydrogens (tertiary/aromatic N) is 1. The lowest BCUT2D eigenvalue weighted by molar-refractivity contribution is -0.123. The van der Waals surface area contributed by atoms with Crippen molar-refractivity contribution in [1.82, 2.24) is 4.57 Å². The van der Waals surface area contributed by atoms with Crippen molar-refractivity contribution < 1.29 is 19.1 Å². The number of benzene rings is 1. The number of nitrogens with one attached hydrogen (secondary N) is 1. The average Bonchev–Trinajstić information content (AvgIpc) is 2.95. The number of hydrogen-bond acceptors (Lipinski definition) is 4. The van der Waals surface area contributed by atoms with Gasteiger partial charge >= 0.3 is 5.97 Å². The van der Waals surface area contributed by atoms with Gasteiger partial charge in [-0.05, 0) is 50.2 Å². The summed E-state index contributed by atoms with van der Waals surface area (Å²) in [5.41, 5.74) is 1.01. The Labute approximate surface area is 135 Å². The summed E-state index contributed by atoms with van der Waals surface area (Å²) in [7, 11) is 1.74. The van der Waals surface area contributed by atoms with Crippen LogP contribution in [0.25, 0.3) is 0 Å². The summed E-state index contributed by atoms with van der Waals surface area (Å²) in [5, 5.41) is 2.70. The number of carbonyl (C=O) groups is 2. The Morgan fingerprint density at radius 3 is 2.48 bits per heavy atom. The molecule has 6 heteroatoms. The van der Waals surface area contributed by atoms with E-state index in [0.717, 1.165) is 5.75 Å². The van der Waals surface area contributed by atoms with Gasteiger partial charge in [-0.15, -0.1) is 0 Å². The van der Waals surface area contributed by atoms with Crippen molar-refractivity contribution in [3.05, 3.63) is 48.3 Å². The molecule has 6 nitrogen and oxygen atoms in total. The van der Waals surface area contributed by atoms with Crippen LogP contribution in [0.4, 0.5) is 5.69 Å². The molecule has 0 radical (unpaired) electrons. The molecule has 0 fully saturated rings. The normalized spacial score (nSPS) is 11.6. The van der Waals surface area contributed by atoms with Gasteiger partial charge in [-0.1, -0.05) is 0 Å². The lowest BCUT2D eigenvalue weighted by Gasteiger charge is -2.14. The van der Waals surface area contributed by atoms with Gasteiger partial charge in [0.15, 0.2) is 6.10 Å². The van der Waals surface area contributed by atoms with E-state index >= 15 is 0 Å². The number of ether oxygens (including phenoxy) is 2. The molecule has 1 heterocycles. The second-order valence-electron chi connectivity index (χ2n) is 5.00. The van der Waals surface area contributed by atoms with Crippen LogP contribution in [-0.4, -0.2) is 29.2 Å². The molecule has 1 N–H and O–H groups in total. The van der Waals surface area contributed by atoms with Gasteiger partial charge in [0.25, 0.3) is 5.91 Å². The quantitative estimate of drug-likeness (QED) is 0.832. The zero-order valence-corrected chi connectivity index (χ0v) is 13.4. The van der Waals surface area contributed by atoms with Crippen LogP contribution >= 0.6 is 0 Å². The summed E-state index contributed by atoms with van der Waals surface area (Å²) < 4.78 is 12.1. The first-order valence-electron chi connectivity index (χ1n) is 7.37. The summed E-state index contributed by atoms with van der Waals surface area (Å²) in [4.78, 5) is 24.1. The monoisotopic (exact) mass is 316 g/mol. The molecule has 0 aliphatic carbocycles. The maximum Gasteiger partial charge on any atom is 0.355 e. The SMILES string of the molecule is CCOc1ccc(NC(=O)[C@H](C)OC(=O)c2cccn2C)cc1. The fraction of sp³-hybridized carbons (Fsp3) is 0.294. The zero-order valence-electron chi connectivity index (χ0n) is 13.4. The first-order valence-corrected chi connectivity index (χ1v) is 7.37. The van der Waals surface area contributed by atoms with E-state index in [-0.39, 0.29) is 0 Å². The van der Waals surface area contributed by atoms with Gasteiger partial charge in [-0.25, -0.2) is 4.79 Å². The van der Waals surface area contributed by atoms with Gasteiger partial charge in [0.05, 0.1) is 6.61 Å². The average molecular weight is 316 g/mol. The van der Waals surface area contributed by atoms with E-state index in [1.165, 1.54) is 6.92 Å². The molecule has 0 spiro atoms. The van der Waals surface area contributed by atoms with Crippen LogP contribution in [0.2, 0.25) is 0 Å². The highest BCUT2D eigenvalue weighted by atomic mass is 16.5. The fourth-order valence-electron chi connectivity index (χ4n) is 1.99. The Hall–Kier alpha value is -2.76. The van der Waals surface area contributed by atoms with Gasteiger partial charge in [0.2, 0.25) is 0 Å². The maximum atomic E-state index is 12.1. The van der Waals surface area contributed by atoms with Crippen LogP contribution in [0.1, 0.15) is 24.3 Å². The molecule has 2 rings (SSSR count). The molecular weight excluding hydrogens is 296 g/mol. The highest BCUT2D eigenvalue weighted by Gasteiger charge is 2.20. The number of rotatable bonds is 6. The molecule has 0 saturated heterocycles. The lowest BCUT2D eigenvalue weighted by atomic mass is 10.3. The number of aryl methyl sites for hydroxylation is 1. The standard InChI is InChI=1S/C17H20N2O4/c1-4-22-14-9-7-13(8-10-14)18-16(20)12(2)23-17(21)15-6-5-11-19(15)3/h5-12H,4H2,1-3H3,(H,18,20)/t12-/m0/s1. The topological polar surface area (TPSA) is 69.6 Å². The van der Waals surface area contributed by atoms with Crippen LogP contribution in [0.5, 0.6) is 5.75 Å². The summed E-state index contributed by atoms with van der Waals surface area (Å²) >= 11 is 0. The molecule has 1 amide bonds. The molecule has 0 unspecified atom stereocenters. The van der Waals surface area contributed by atoms with Gasteiger partial charge in [0.1, 0.15) is 11.4 Å². The third-order valence-corrected chi connectivity index (χ3v) is 3.24. The summed E-state index contributed by atoms with van der Waals surface area (Å²) in [5.74, 6) is -0.197. The minimum atomic E-state index is -0.899. The van der Waals surface area contributed by atoms with Crippen molar-refractivity contribution in [3.8, 4) is 5.75 Å². The fourth-order valence-corrected chi connectivity index (χ4v) is 1.99. The summed E-state index contributed by atoms with van der Waals surface area (Å²) in [6.45, 7) is 4.01. The smallest absolute Gasteiger partial charge is 0.355 e. The van der Waals surface area contributed by atoms with Crippen molar-refractivity contribution in [2.45, 2.75) is 20.0 Å². The van der Waals surface area contributed by atoms with Crippen molar-refractivity contribution >= 4 is 17.6 Å². The number of carbonyl (C=O) groups excluding carboxylic acids is 2. The molecule has 0 bridgehead atoms. The first-order chi connectivity index (χ1) is 11.0. The Balaban J connectivity index is 1.92. The number of aromatic nitrogens is 1. The Morgan fingerprint density at radius 1 is 1.22 bits per heavy atom. The third kappa shape index (κ3) is 4.35. The molecule has 23 heavy (non-hydrogen) atoms. The van der Waals surface area contributed by atoms with E-state index in [1.54, 1.807) is 54.2 Å². The molecule has 1 atom stereocenters. The Kier molecular flexibility index (Phi) is 5.41. The minimum absolute atomic E-state index is 0.392. The van der Waals surface area contributed by atoms with Crippen molar-refractivity contribution in [2.24, 2.45) is 7.05 Å². The van der Waals surface area contributed by atoms with Gasteiger partial charge in [-0.3, -0.25) is 4.79 Å². The third-order valence-electron chi connectivity index (χ3n) is 3.24. The van der Waals surface area contributed by atoms with Gasteiger partial charge < -0.3 is 19.4 Å². The maximum absolute atomic E-state index is 12.1. The lowest BCUT2D eigenvalue weighted by Crippen LogP contribution is -2.30. The first kappa shape index (κ1) is 16.6. The molecule has 2 aromatic rings. The van der Waals surface area contributed by atoms with Crippen molar-refractivity contribution in [1.29, 1.82) is 0 Å². The molecular formula is C17H20N2O4.